The molecule has 0 rings (SSSR count). The van der Waals surface area contributed by atoms with Gasteiger partial charge in [-0.05, 0) is 44.9 Å². The molecule has 0 saturated carbocycles. The molecule has 0 radical (unpaired) electrons. The third-order valence-corrected chi connectivity index (χ3v) is 20.4. The van der Waals surface area contributed by atoms with E-state index in [4.69, 9.17) is 9.05 Å². The number of phosphoric ester groups is 1. The van der Waals surface area contributed by atoms with Crippen LogP contribution in [0.3, 0.4) is 0 Å². The lowest BCUT2D eigenvalue weighted by molar-refractivity contribution is -0.870. The molecule has 0 aliphatic carbocycles. The molecule has 9 heteroatoms. The van der Waals surface area contributed by atoms with Crippen LogP contribution >= 0.6 is 7.82 Å². The van der Waals surface area contributed by atoms with Gasteiger partial charge < -0.3 is 28.8 Å². The van der Waals surface area contributed by atoms with Crippen molar-refractivity contribution in [3.63, 3.8) is 0 Å². The first-order valence-electron chi connectivity index (χ1n) is 41.2. The van der Waals surface area contributed by atoms with E-state index in [1.54, 1.807) is 0 Å². The highest BCUT2D eigenvalue weighted by atomic mass is 31.2. The number of aliphatic hydroxyl groups excluding tert-OH is 1. The minimum absolute atomic E-state index is 0.0159. The highest BCUT2D eigenvalue weighted by molar-refractivity contribution is 7.45. The molecule has 0 fully saturated rings. The molecule has 0 spiro atoms. The van der Waals surface area contributed by atoms with Crippen LogP contribution in [-0.4, -0.2) is 68.5 Å². The van der Waals surface area contributed by atoms with Crippen molar-refractivity contribution in [1.82, 2.24) is 5.32 Å². The summed E-state index contributed by atoms with van der Waals surface area (Å²) in [5.74, 6) is -0.153. The first-order chi connectivity index (χ1) is 44.5. The van der Waals surface area contributed by atoms with Crippen LogP contribution in [0.15, 0.2) is 24.3 Å². The third kappa shape index (κ3) is 76.2. The lowest BCUT2D eigenvalue weighted by Crippen LogP contribution is -2.46. The number of hydrogen-bond acceptors (Lipinski definition) is 6. The molecule has 0 saturated heterocycles. The Morgan fingerprint density at radius 3 is 0.912 bits per heavy atom. The number of likely N-dealkylation sites (N-methyl/N-ethyl adjacent to an activating group) is 1. The van der Waals surface area contributed by atoms with Crippen molar-refractivity contribution in [2.45, 2.75) is 456 Å². The molecular formula is C82H163N2O6P. The molecule has 1 amide bonds. The maximum Gasteiger partial charge on any atom is 0.268 e. The zero-order valence-electron chi connectivity index (χ0n) is 62.3. The summed E-state index contributed by atoms with van der Waals surface area (Å²) in [4.78, 5) is 25.8. The molecule has 0 heterocycles. The minimum Gasteiger partial charge on any atom is -0.756 e. The van der Waals surface area contributed by atoms with Crippen molar-refractivity contribution < 1.29 is 32.9 Å². The van der Waals surface area contributed by atoms with E-state index in [0.717, 1.165) is 44.9 Å². The summed E-state index contributed by atoms with van der Waals surface area (Å²) in [6.07, 6.45) is 97.4. The maximum atomic E-state index is 13.1. The molecular weight excluding hydrogens is 1140 g/mol. The number of carbonyl (C=O) groups excluding carboxylic acids is 1. The number of quaternary nitrogens is 1. The van der Waals surface area contributed by atoms with Crippen LogP contribution < -0.4 is 10.2 Å². The van der Waals surface area contributed by atoms with Crippen molar-refractivity contribution in [3.05, 3.63) is 24.3 Å². The van der Waals surface area contributed by atoms with Gasteiger partial charge in [0.05, 0.1) is 39.9 Å². The van der Waals surface area contributed by atoms with Crippen molar-refractivity contribution in [2.24, 2.45) is 0 Å². The highest BCUT2D eigenvalue weighted by Gasteiger charge is 2.24. The summed E-state index contributed by atoms with van der Waals surface area (Å²) in [6.45, 7) is 4.79. The number of amides is 1. The molecule has 0 aliphatic heterocycles. The summed E-state index contributed by atoms with van der Waals surface area (Å²) in [5, 5.41) is 14.2. The normalized spacial score (nSPS) is 13.5. The van der Waals surface area contributed by atoms with Gasteiger partial charge in [-0.2, -0.15) is 0 Å². The van der Waals surface area contributed by atoms with Crippen LogP contribution in [0.25, 0.3) is 0 Å². The second-order valence-corrected chi connectivity index (χ2v) is 31.3. The quantitative estimate of drug-likeness (QED) is 0.0272. The number of aliphatic hydroxyl groups is 1. The van der Waals surface area contributed by atoms with Gasteiger partial charge in [0, 0.05) is 6.42 Å². The number of rotatable bonds is 78. The number of phosphoric acid groups is 1. The topological polar surface area (TPSA) is 108 Å². The van der Waals surface area contributed by atoms with Gasteiger partial charge in [0.1, 0.15) is 13.2 Å². The number of nitrogens with one attached hydrogen (secondary N) is 1. The summed E-state index contributed by atoms with van der Waals surface area (Å²) in [6, 6.07) is -0.800. The van der Waals surface area contributed by atoms with Crippen LogP contribution in [0.1, 0.15) is 444 Å². The molecule has 0 aromatic rings. The van der Waals surface area contributed by atoms with Gasteiger partial charge in [0.25, 0.3) is 7.82 Å². The van der Waals surface area contributed by atoms with Crippen LogP contribution in [0.2, 0.25) is 0 Å². The molecule has 3 atom stereocenters. The summed E-state index contributed by atoms with van der Waals surface area (Å²) < 4.78 is 23.6. The predicted octanol–water partition coefficient (Wildman–Crippen LogP) is 26.3. The van der Waals surface area contributed by atoms with Gasteiger partial charge in [-0.15, -0.1) is 0 Å². The average Bonchev–Trinajstić information content (AvgIpc) is 3.58. The van der Waals surface area contributed by atoms with E-state index in [1.807, 2.05) is 21.1 Å². The van der Waals surface area contributed by atoms with Crippen LogP contribution in [0, 0.1) is 0 Å². The third-order valence-electron chi connectivity index (χ3n) is 19.4. The second kappa shape index (κ2) is 73.2. The van der Waals surface area contributed by atoms with Gasteiger partial charge in [-0.25, -0.2) is 0 Å². The lowest BCUT2D eigenvalue weighted by atomic mass is 10.0. The van der Waals surface area contributed by atoms with E-state index in [0.29, 0.717) is 23.9 Å². The largest absolute Gasteiger partial charge is 0.756 e. The molecule has 542 valence electrons. The first kappa shape index (κ1) is 90.0. The number of nitrogens with zero attached hydrogens (tertiary/aromatic N) is 1. The number of allylic oxidation sites excluding steroid dienone is 4. The van der Waals surface area contributed by atoms with E-state index in [9.17, 15) is 19.4 Å². The van der Waals surface area contributed by atoms with Crippen LogP contribution in [0.5, 0.6) is 0 Å². The molecule has 3 unspecified atom stereocenters. The van der Waals surface area contributed by atoms with Crippen molar-refractivity contribution in [3.8, 4) is 0 Å². The Balaban J connectivity index is 3.88. The molecule has 0 bridgehead atoms. The van der Waals surface area contributed by atoms with E-state index in [-0.39, 0.29) is 19.1 Å². The average molecular weight is 1300 g/mol. The molecule has 2 N–H and O–H groups in total. The Bertz CT molecular complexity index is 1530. The van der Waals surface area contributed by atoms with E-state index < -0.39 is 20.0 Å². The lowest BCUT2D eigenvalue weighted by Gasteiger charge is -2.30. The molecule has 0 aromatic carbocycles. The Hall–Kier alpha value is -1.02. The maximum absolute atomic E-state index is 13.1. The number of carbonyl (C=O) groups is 1. The summed E-state index contributed by atoms with van der Waals surface area (Å²) >= 11 is 0. The van der Waals surface area contributed by atoms with E-state index in [1.165, 1.54) is 372 Å². The standard InChI is InChI=1S/C82H163N2O6P/c1-6-8-10-12-14-16-18-20-22-24-26-28-30-32-34-36-38-39-40-41-42-43-44-45-46-48-50-52-54-56-58-60-62-64-66-68-70-72-74-76-82(86)83-80(79-90-91(87,88)89-78-77-84(3,4)5)81(85)75-73-71-69-67-65-63-61-59-57-55-53-51-49-47-37-35-33-31-29-27-25-23-21-19-17-15-13-11-9-7-2/h18,20,24,26,80-81,85H,6-17,19,21-23,25,27-79H2,1-5H3,(H-,83,86,87,88)/b20-18-,26-24-. The second-order valence-electron chi connectivity index (χ2n) is 29.8. The summed E-state index contributed by atoms with van der Waals surface area (Å²) in [7, 11) is 1.33. The van der Waals surface area contributed by atoms with Crippen molar-refractivity contribution in [2.75, 3.05) is 40.9 Å². The Morgan fingerprint density at radius 2 is 0.637 bits per heavy atom. The van der Waals surface area contributed by atoms with Crippen molar-refractivity contribution in [1.29, 1.82) is 0 Å². The zero-order valence-corrected chi connectivity index (χ0v) is 63.2. The smallest absolute Gasteiger partial charge is 0.268 e. The van der Waals surface area contributed by atoms with E-state index in [2.05, 4.69) is 43.5 Å². The first-order valence-corrected chi connectivity index (χ1v) is 42.6. The van der Waals surface area contributed by atoms with Crippen LogP contribution in [-0.2, 0) is 18.4 Å². The number of hydrogen-bond donors (Lipinski definition) is 2. The zero-order chi connectivity index (χ0) is 66.2. The van der Waals surface area contributed by atoms with Gasteiger partial charge in [0.2, 0.25) is 5.91 Å². The molecule has 91 heavy (non-hydrogen) atoms. The van der Waals surface area contributed by atoms with E-state index >= 15 is 0 Å². The summed E-state index contributed by atoms with van der Waals surface area (Å²) in [5.41, 5.74) is 0. The molecule has 0 aromatic heterocycles. The highest BCUT2D eigenvalue weighted by Crippen LogP contribution is 2.38. The fourth-order valence-electron chi connectivity index (χ4n) is 13.1. The molecule has 0 aliphatic rings. The minimum atomic E-state index is -4.58. The SMILES string of the molecule is CCCCCCC/C=C\C/C=C\CCCCCCCCCCCCCCCCCCCCCCCCCCCCCC(=O)NC(COP(=O)([O-])OCC[N+](C)(C)C)C(O)CCCCCCCCCCCCCCCCCCCCCCCCCCCCCCCC. The Kier molecular flexibility index (Phi) is 72.4. The fourth-order valence-corrected chi connectivity index (χ4v) is 13.8. The Labute approximate surface area is 570 Å². The molecule has 8 nitrogen and oxygen atoms in total. The van der Waals surface area contributed by atoms with Crippen molar-refractivity contribution >= 4 is 13.7 Å². The van der Waals surface area contributed by atoms with Gasteiger partial charge >= 0.3 is 0 Å². The Morgan fingerprint density at radius 1 is 0.385 bits per heavy atom. The number of unbranched alkanes of at least 4 members (excludes halogenated alkanes) is 61. The van der Waals surface area contributed by atoms with Gasteiger partial charge in [-0.1, -0.05) is 417 Å². The van der Waals surface area contributed by atoms with Gasteiger partial charge in [-0.3, -0.25) is 9.36 Å². The van der Waals surface area contributed by atoms with Gasteiger partial charge in [0.15, 0.2) is 0 Å². The van der Waals surface area contributed by atoms with Crippen LogP contribution in [0.4, 0.5) is 0 Å². The predicted molar refractivity (Wildman–Crippen MR) is 399 cm³/mol. The fraction of sp³-hybridized carbons (Fsp3) is 0.939. The monoisotopic (exact) mass is 1300 g/mol.